The molecule has 2 aromatic heterocycles. The van der Waals surface area contributed by atoms with Gasteiger partial charge in [0.1, 0.15) is 0 Å². The number of para-hydroxylation sites is 1. The molecule has 0 fully saturated rings. The zero-order valence-corrected chi connectivity index (χ0v) is 12.1. The van der Waals surface area contributed by atoms with E-state index in [1.807, 2.05) is 24.3 Å². The number of aromatic amines is 1. The van der Waals surface area contributed by atoms with Gasteiger partial charge in [-0.15, -0.1) is 16.4 Å². The number of aryl methyl sites for hydroxylation is 1. The average Bonchev–Trinajstić information content (AvgIpc) is 3.10. The van der Waals surface area contributed by atoms with E-state index in [0.29, 0.717) is 12.8 Å². The van der Waals surface area contributed by atoms with Crippen molar-refractivity contribution in [2.24, 2.45) is 0 Å². The number of fused-ring (bicyclic) bond motifs is 1. The Morgan fingerprint density at radius 2 is 2.24 bits per heavy atom. The summed E-state index contributed by atoms with van der Waals surface area (Å²) in [5.74, 6) is 0.134. The lowest BCUT2D eigenvalue weighted by Crippen LogP contribution is -2.13. The summed E-state index contributed by atoms with van der Waals surface area (Å²) >= 11 is 1.61. The maximum atomic E-state index is 11.8. The lowest BCUT2D eigenvalue weighted by Gasteiger charge is -1.99. The summed E-state index contributed by atoms with van der Waals surface area (Å²) in [6.07, 6.45) is 0.930. The summed E-state index contributed by atoms with van der Waals surface area (Å²) in [4.78, 5) is 20.3. The Kier molecular flexibility index (Phi) is 3.78. The maximum absolute atomic E-state index is 11.8. The lowest BCUT2D eigenvalue weighted by atomic mass is 10.3. The number of rotatable bonds is 5. The number of hydrogen-bond acceptors (Lipinski definition) is 6. The van der Waals surface area contributed by atoms with E-state index in [9.17, 15) is 4.79 Å². The van der Waals surface area contributed by atoms with Crippen LogP contribution in [-0.4, -0.2) is 33.2 Å². The normalized spacial score (nSPS) is 10.7. The van der Waals surface area contributed by atoms with Crippen LogP contribution in [0.4, 0.5) is 5.95 Å². The number of thiazole rings is 1. The molecule has 1 amide bonds. The first-order valence-electron chi connectivity index (χ1n) is 6.35. The van der Waals surface area contributed by atoms with Gasteiger partial charge in [-0.3, -0.25) is 10.1 Å². The molecule has 21 heavy (non-hydrogen) atoms. The first kappa shape index (κ1) is 13.5. The van der Waals surface area contributed by atoms with E-state index in [4.69, 9.17) is 4.74 Å². The highest BCUT2D eigenvalue weighted by molar-refractivity contribution is 7.18. The molecule has 3 rings (SSSR count). The van der Waals surface area contributed by atoms with Crippen LogP contribution < -0.4 is 10.1 Å². The lowest BCUT2D eigenvalue weighted by molar-refractivity contribution is -0.116. The molecule has 8 heteroatoms. The largest absolute Gasteiger partial charge is 0.466 e. The zero-order valence-electron chi connectivity index (χ0n) is 11.3. The Hall–Kier alpha value is -2.48. The van der Waals surface area contributed by atoms with Crippen LogP contribution >= 0.6 is 11.3 Å². The third kappa shape index (κ3) is 3.16. The van der Waals surface area contributed by atoms with Crippen molar-refractivity contribution in [1.82, 2.24) is 20.2 Å². The van der Waals surface area contributed by atoms with Crippen LogP contribution in [0.5, 0.6) is 6.01 Å². The highest BCUT2D eigenvalue weighted by atomic mass is 32.1. The molecule has 2 heterocycles. The topological polar surface area (TPSA) is 92.8 Å². The molecule has 2 N–H and O–H groups in total. The third-order valence-corrected chi connectivity index (χ3v) is 3.91. The molecule has 0 saturated carbocycles. The SMILES string of the molecule is COc1n[nH]c(NC(=O)CCc2nc3ccccc3s2)n1. The molecule has 0 saturated heterocycles. The molecule has 0 unspecified atom stereocenters. The monoisotopic (exact) mass is 303 g/mol. The number of hydrogen-bond donors (Lipinski definition) is 2. The minimum Gasteiger partial charge on any atom is -0.466 e. The number of nitrogens with one attached hydrogen (secondary N) is 2. The van der Waals surface area contributed by atoms with Crippen molar-refractivity contribution < 1.29 is 9.53 Å². The van der Waals surface area contributed by atoms with Crippen molar-refractivity contribution in [1.29, 1.82) is 0 Å². The van der Waals surface area contributed by atoms with Crippen molar-refractivity contribution in [2.75, 3.05) is 12.4 Å². The maximum Gasteiger partial charge on any atom is 0.336 e. The standard InChI is InChI=1S/C13H13N5O2S/c1-20-13-16-12(17-18-13)15-10(19)6-7-11-14-8-4-2-3-5-9(8)21-11/h2-5H,6-7H2,1H3,(H2,15,16,17,18,19). The van der Waals surface area contributed by atoms with Gasteiger partial charge in [-0.05, 0) is 12.1 Å². The molecular weight excluding hydrogens is 290 g/mol. The highest BCUT2D eigenvalue weighted by Crippen LogP contribution is 2.22. The van der Waals surface area contributed by atoms with Crippen molar-refractivity contribution in [3.63, 3.8) is 0 Å². The summed E-state index contributed by atoms with van der Waals surface area (Å²) in [7, 11) is 1.46. The van der Waals surface area contributed by atoms with E-state index < -0.39 is 0 Å². The van der Waals surface area contributed by atoms with Crippen molar-refractivity contribution in [2.45, 2.75) is 12.8 Å². The van der Waals surface area contributed by atoms with E-state index in [0.717, 1.165) is 15.2 Å². The molecule has 1 aromatic carbocycles. The van der Waals surface area contributed by atoms with Gasteiger partial charge in [0.2, 0.25) is 11.9 Å². The van der Waals surface area contributed by atoms with E-state index in [1.165, 1.54) is 7.11 Å². The number of methoxy groups -OCH3 is 1. The van der Waals surface area contributed by atoms with Crippen LogP contribution in [0.25, 0.3) is 10.2 Å². The molecule has 0 radical (unpaired) electrons. The Morgan fingerprint density at radius 1 is 1.38 bits per heavy atom. The number of ether oxygens (including phenoxy) is 1. The first-order chi connectivity index (χ1) is 10.2. The number of carbonyl (C=O) groups is 1. The first-order valence-corrected chi connectivity index (χ1v) is 7.17. The van der Waals surface area contributed by atoms with Crippen LogP contribution in [0, 0.1) is 0 Å². The number of anilines is 1. The van der Waals surface area contributed by atoms with Gasteiger partial charge in [-0.2, -0.15) is 4.98 Å². The summed E-state index contributed by atoms with van der Waals surface area (Å²) in [6, 6.07) is 8.12. The molecule has 0 spiro atoms. The zero-order chi connectivity index (χ0) is 14.7. The molecule has 0 aliphatic heterocycles. The molecule has 7 nitrogen and oxygen atoms in total. The predicted octanol–water partition coefficient (Wildman–Crippen LogP) is 1.99. The number of H-pyrrole nitrogens is 1. The van der Waals surface area contributed by atoms with Gasteiger partial charge in [0.25, 0.3) is 0 Å². The van der Waals surface area contributed by atoms with E-state index in [2.05, 4.69) is 25.5 Å². The molecule has 0 aliphatic carbocycles. The Morgan fingerprint density at radius 3 is 3.00 bits per heavy atom. The minimum atomic E-state index is -0.145. The van der Waals surface area contributed by atoms with Crippen LogP contribution in [0.2, 0.25) is 0 Å². The molecule has 3 aromatic rings. The molecule has 0 aliphatic rings. The van der Waals surface area contributed by atoms with Gasteiger partial charge in [0, 0.05) is 12.8 Å². The van der Waals surface area contributed by atoms with Gasteiger partial charge in [-0.25, -0.2) is 10.1 Å². The fourth-order valence-corrected chi connectivity index (χ4v) is 2.80. The van der Waals surface area contributed by atoms with Gasteiger partial charge >= 0.3 is 6.01 Å². The van der Waals surface area contributed by atoms with Gasteiger partial charge in [0.15, 0.2) is 0 Å². The van der Waals surface area contributed by atoms with Crippen LogP contribution in [0.3, 0.4) is 0 Å². The quantitative estimate of drug-likeness (QED) is 0.752. The second-order valence-corrected chi connectivity index (χ2v) is 5.41. The van der Waals surface area contributed by atoms with Crippen molar-refractivity contribution in [3.8, 4) is 6.01 Å². The van der Waals surface area contributed by atoms with Crippen LogP contribution in [-0.2, 0) is 11.2 Å². The summed E-state index contributed by atoms with van der Waals surface area (Å²) in [5.41, 5.74) is 0.970. The molecule has 108 valence electrons. The summed E-state index contributed by atoms with van der Waals surface area (Å²) < 4.78 is 5.96. The minimum absolute atomic E-state index is 0.145. The van der Waals surface area contributed by atoms with E-state index in [1.54, 1.807) is 11.3 Å². The fraction of sp³-hybridized carbons (Fsp3) is 0.231. The number of carbonyl (C=O) groups excluding carboxylic acids is 1. The molecule has 0 bridgehead atoms. The second-order valence-electron chi connectivity index (χ2n) is 4.29. The second kappa shape index (κ2) is 5.88. The molecular formula is C13H13N5O2S. The van der Waals surface area contributed by atoms with E-state index >= 15 is 0 Å². The smallest absolute Gasteiger partial charge is 0.336 e. The van der Waals surface area contributed by atoms with Gasteiger partial charge < -0.3 is 4.74 Å². The van der Waals surface area contributed by atoms with Crippen LogP contribution in [0.15, 0.2) is 24.3 Å². The van der Waals surface area contributed by atoms with Gasteiger partial charge in [-0.1, -0.05) is 12.1 Å². The number of nitrogens with zero attached hydrogens (tertiary/aromatic N) is 3. The Balaban J connectivity index is 1.57. The predicted molar refractivity (Wildman–Crippen MR) is 79.5 cm³/mol. The Bertz CT molecular complexity index is 734. The average molecular weight is 303 g/mol. The van der Waals surface area contributed by atoms with Crippen LogP contribution in [0.1, 0.15) is 11.4 Å². The third-order valence-electron chi connectivity index (χ3n) is 2.81. The highest BCUT2D eigenvalue weighted by Gasteiger charge is 2.09. The number of benzene rings is 1. The summed E-state index contributed by atoms with van der Waals surface area (Å²) in [5, 5.41) is 9.90. The van der Waals surface area contributed by atoms with Crippen molar-refractivity contribution in [3.05, 3.63) is 29.3 Å². The summed E-state index contributed by atoms with van der Waals surface area (Å²) in [6.45, 7) is 0. The van der Waals surface area contributed by atoms with Crippen molar-refractivity contribution >= 4 is 33.4 Å². The fourth-order valence-electron chi connectivity index (χ4n) is 1.84. The number of aromatic nitrogens is 4. The van der Waals surface area contributed by atoms with E-state index in [-0.39, 0.29) is 17.9 Å². The number of amides is 1. The Labute approximate surface area is 124 Å². The van der Waals surface area contributed by atoms with Gasteiger partial charge in [0.05, 0.1) is 22.3 Å². The molecule has 0 atom stereocenters.